The van der Waals surface area contributed by atoms with Gasteiger partial charge < -0.3 is 4.74 Å². The van der Waals surface area contributed by atoms with E-state index in [0.717, 1.165) is 7.11 Å². The molecule has 0 saturated heterocycles. The molecule has 5 heteroatoms. The molecule has 0 saturated carbocycles. The summed E-state index contributed by atoms with van der Waals surface area (Å²) in [6.45, 7) is 0. The Bertz CT molecular complexity index is 355. The summed E-state index contributed by atoms with van der Waals surface area (Å²) in [4.78, 5) is 10.9. The standard InChI is InChI=1S/C9H7Cl2FO2/c1-14-9(13)8(12)5-3-2-4-6(10)7(5)11/h2-4,8H,1H3. The van der Waals surface area contributed by atoms with Crippen molar-refractivity contribution in [2.75, 3.05) is 7.11 Å². The molecule has 0 aliphatic heterocycles. The molecule has 1 atom stereocenters. The highest BCUT2D eigenvalue weighted by Crippen LogP contribution is 2.32. The quantitative estimate of drug-likeness (QED) is 0.738. The summed E-state index contributed by atoms with van der Waals surface area (Å²) >= 11 is 11.4. The van der Waals surface area contributed by atoms with E-state index in [1.807, 2.05) is 0 Å². The Kier molecular flexibility index (Phi) is 3.72. The number of ether oxygens (including phenoxy) is 1. The van der Waals surface area contributed by atoms with Crippen molar-refractivity contribution >= 4 is 29.2 Å². The smallest absolute Gasteiger partial charge is 0.345 e. The summed E-state index contributed by atoms with van der Waals surface area (Å²) in [7, 11) is 1.10. The molecule has 0 radical (unpaired) electrons. The van der Waals surface area contributed by atoms with Gasteiger partial charge in [-0.25, -0.2) is 9.18 Å². The monoisotopic (exact) mass is 236 g/mol. The number of alkyl halides is 1. The van der Waals surface area contributed by atoms with Gasteiger partial charge in [0, 0.05) is 5.56 Å². The number of halogens is 3. The summed E-state index contributed by atoms with van der Waals surface area (Å²) in [5.41, 5.74) is 0.0195. The highest BCUT2D eigenvalue weighted by atomic mass is 35.5. The number of esters is 1. The lowest BCUT2D eigenvalue weighted by Gasteiger charge is -2.08. The largest absolute Gasteiger partial charge is 0.467 e. The Balaban J connectivity index is 3.07. The predicted octanol–water partition coefficient (Wildman–Crippen LogP) is 3.18. The number of carbonyl (C=O) groups excluding carboxylic acids is 1. The highest BCUT2D eigenvalue weighted by Gasteiger charge is 2.23. The minimum absolute atomic E-state index is 0.0195. The molecule has 1 aromatic rings. The van der Waals surface area contributed by atoms with Crippen molar-refractivity contribution in [1.29, 1.82) is 0 Å². The van der Waals surface area contributed by atoms with Gasteiger partial charge in [0.1, 0.15) is 0 Å². The van der Waals surface area contributed by atoms with E-state index in [4.69, 9.17) is 23.2 Å². The number of hydrogen-bond acceptors (Lipinski definition) is 2. The van der Waals surface area contributed by atoms with Crippen LogP contribution in [0.25, 0.3) is 0 Å². The molecule has 0 N–H and O–H groups in total. The van der Waals surface area contributed by atoms with Crippen molar-refractivity contribution in [3.63, 3.8) is 0 Å². The van der Waals surface area contributed by atoms with Gasteiger partial charge in [-0.05, 0) is 6.07 Å². The van der Waals surface area contributed by atoms with Gasteiger partial charge in [-0.1, -0.05) is 35.3 Å². The fourth-order valence-electron chi connectivity index (χ4n) is 0.947. The van der Waals surface area contributed by atoms with Crippen LogP contribution in [0, 0.1) is 0 Å². The zero-order chi connectivity index (χ0) is 10.7. The third-order valence-corrected chi connectivity index (χ3v) is 2.50. The van der Waals surface area contributed by atoms with Gasteiger partial charge in [0.2, 0.25) is 6.17 Å². The Hall–Kier alpha value is -0.800. The van der Waals surface area contributed by atoms with E-state index in [0.29, 0.717) is 0 Å². The fraction of sp³-hybridized carbons (Fsp3) is 0.222. The second kappa shape index (κ2) is 4.62. The molecule has 0 aliphatic carbocycles. The SMILES string of the molecule is COC(=O)C(F)c1cccc(Cl)c1Cl. The fourth-order valence-corrected chi connectivity index (χ4v) is 1.35. The van der Waals surface area contributed by atoms with Crippen molar-refractivity contribution in [3.8, 4) is 0 Å². The van der Waals surface area contributed by atoms with E-state index >= 15 is 0 Å². The topological polar surface area (TPSA) is 26.3 Å². The van der Waals surface area contributed by atoms with Crippen LogP contribution in [0.3, 0.4) is 0 Å². The van der Waals surface area contributed by atoms with E-state index < -0.39 is 12.1 Å². The summed E-state index contributed by atoms with van der Waals surface area (Å²) in [5, 5.41) is 0.239. The summed E-state index contributed by atoms with van der Waals surface area (Å²) in [6, 6.07) is 4.41. The minimum atomic E-state index is -1.90. The van der Waals surface area contributed by atoms with Crippen molar-refractivity contribution in [3.05, 3.63) is 33.8 Å². The number of benzene rings is 1. The molecule has 1 rings (SSSR count). The number of methoxy groups -OCH3 is 1. The molecule has 1 aromatic carbocycles. The first-order chi connectivity index (χ1) is 6.57. The second-order valence-corrected chi connectivity index (χ2v) is 3.31. The Morgan fingerprint density at radius 1 is 1.50 bits per heavy atom. The van der Waals surface area contributed by atoms with Crippen molar-refractivity contribution in [1.82, 2.24) is 0 Å². The molecule has 0 heterocycles. The molecule has 0 aliphatic rings. The summed E-state index contributed by atoms with van der Waals surface area (Å²) in [6.07, 6.45) is -1.90. The van der Waals surface area contributed by atoms with Gasteiger partial charge in [-0.2, -0.15) is 0 Å². The molecule has 76 valence electrons. The predicted molar refractivity (Wildman–Crippen MR) is 52.3 cm³/mol. The van der Waals surface area contributed by atoms with Crippen LogP contribution in [0.15, 0.2) is 18.2 Å². The normalized spacial score (nSPS) is 12.3. The average molecular weight is 237 g/mol. The Labute approximate surface area is 90.6 Å². The first-order valence-corrected chi connectivity index (χ1v) is 4.49. The second-order valence-electron chi connectivity index (χ2n) is 2.53. The third kappa shape index (κ3) is 2.16. The van der Waals surface area contributed by atoms with Gasteiger partial charge in [0.05, 0.1) is 17.2 Å². The third-order valence-electron chi connectivity index (χ3n) is 1.66. The maximum atomic E-state index is 13.4. The van der Waals surface area contributed by atoms with E-state index in [1.165, 1.54) is 18.2 Å². The Morgan fingerprint density at radius 2 is 2.14 bits per heavy atom. The summed E-state index contributed by atoms with van der Waals surface area (Å²) in [5.74, 6) is -0.992. The molecular formula is C9H7Cl2FO2. The molecule has 14 heavy (non-hydrogen) atoms. The van der Waals surface area contributed by atoms with E-state index in [1.54, 1.807) is 0 Å². The lowest BCUT2D eigenvalue weighted by Crippen LogP contribution is -2.09. The van der Waals surface area contributed by atoms with E-state index in [9.17, 15) is 9.18 Å². The van der Waals surface area contributed by atoms with E-state index in [2.05, 4.69) is 4.74 Å². The van der Waals surface area contributed by atoms with Crippen molar-refractivity contribution in [2.45, 2.75) is 6.17 Å². The molecule has 0 bridgehead atoms. The van der Waals surface area contributed by atoms with Gasteiger partial charge in [0.25, 0.3) is 0 Å². The minimum Gasteiger partial charge on any atom is -0.467 e. The molecule has 0 amide bonds. The van der Waals surface area contributed by atoms with Crippen molar-refractivity contribution in [2.24, 2.45) is 0 Å². The van der Waals surface area contributed by atoms with Crippen LogP contribution in [0.1, 0.15) is 11.7 Å². The molecule has 2 nitrogen and oxygen atoms in total. The lowest BCUT2D eigenvalue weighted by atomic mass is 10.1. The van der Waals surface area contributed by atoms with Crippen LogP contribution in [-0.4, -0.2) is 13.1 Å². The highest BCUT2D eigenvalue weighted by molar-refractivity contribution is 6.42. The number of hydrogen-bond donors (Lipinski definition) is 0. The van der Waals surface area contributed by atoms with Crippen LogP contribution < -0.4 is 0 Å². The first-order valence-electron chi connectivity index (χ1n) is 3.73. The molecule has 0 spiro atoms. The average Bonchev–Trinajstić information content (AvgIpc) is 2.20. The van der Waals surface area contributed by atoms with Crippen LogP contribution in [0.4, 0.5) is 4.39 Å². The maximum absolute atomic E-state index is 13.4. The van der Waals surface area contributed by atoms with Crippen LogP contribution in [0.2, 0.25) is 10.0 Å². The number of rotatable bonds is 2. The summed E-state index contributed by atoms with van der Waals surface area (Å²) < 4.78 is 17.6. The first kappa shape index (κ1) is 11.3. The van der Waals surface area contributed by atoms with Gasteiger partial charge in [-0.3, -0.25) is 0 Å². The van der Waals surface area contributed by atoms with Crippen LogP contribution in [0.5, 0.6) is 0 Å². The zero-order valence-corrected chi connectivity index (χ0v) is 8.77. The molecular weight excluding hydrogens is 230 g/mol. The molecule has 1 unspecified atom stereocenters. The maximum Gasteiger partial charge on any atom is 0.345 e. The Morgan fingerprint density at radius 3 is 2.71 bits per heavy atom. The van der Waals surface area contributed by atoms with E-state index in [-0.39, 0.29) is 15.6 Å². The molecule has 0 fully saturated rings. The van der Waals surface area contributed by atoms with Gasteiger partial charge in [-0.15, -0.1) is 0 Å². The lowest BCUT2D eigenvalue weighted by molar-refractivity contribution is -0.146. The molecule has 0 aromatic heterocycles. The van der Waals surface area contributed by atoms with Crippen molar-refractivity contribution < 1.29 is 13.9 Å². The van der Waals surface area contributed by atoms with Crippen LogP contribution >= 0.6 is 23.2 Å². The zero-order valence-electron chi connectivity index (χ0n) is 7.26. The van der Waals surface area contributed by atoms with Gasteiger partial charge >= 0.3 is 5.97 Å². The van der Waals surface area contributed by atoms with Crippen LogP contribution in [-0.2, 0) is 9.53 Å². The number of carbonyl (C=O) groups is 1. The van der Waals surface area contributed by atoms with Gasteiger partial charge in [0.15, 0.2) is 0 Å².